The van der Waals surface area contributed by atoms with Gasteiger partial charge in [0.1, 0.15) is 5.36 Å². The standard InChI is InChI=1S/C15H16N4/c1-9-7-14-15(16-10(9)2)18-13-8-11(19(3)4)5-6-12(13)17-14/h5-8H,2H2,1,3-4H3,(H,16,18). The number of hydrogen-bond acceptors (Lipinski definition) is 4. The van der Waals surface area contributed by atoms with Crippen molar-refractivity contribution in [2.45, 2.75) is 6.92 Å². The molecule has 1 N–H and O–H groups in total. The quantitative estimate of drug-likeness (QED) is 0.719. The molecule has 0 bridgehead atoms. The van der Waals surface area contributed by atoms with Crippen LogP contribution < -0.4 is 20.9 Å². The predicted molar refractivity (Wildman–Crippen MR) is 79.0 cm³/mol. The molecule has 0 fully saturated rings. The van der Waals surface area contributed by atoms with Gasteiger partial charge in [-0.05, 0) is 36.8 Å². The lowest BCUT2D eigenvalue weighted by Gasteiger charge is -2.18. The SMILES string of the molecule is C=c1nc2c(cc1C)=Nc1ccc(N(C)C)cc1N2. The Morgan fingerprint density at radius 3 is 2.74 bits per heavy atom. The summed E-state index contributed by atoms with van der Waals surface area (Å²) in [5.41, 5.74) is 4.11. The number of pyridine rings is 1. The number of aromatic nitrogens is 1. The van der Waals surface area contributed by atoms with Crippen LogP contribution >= 0.6 is 0 Å². The van der Waals surface area contributed by atoms with E-state index in [-0.39, 0.29) is 0 Å². The fourth-order valence-corrected chi connectivity index (χ4v) is 2.07. The van der Waals surface area contributed by atoms with Gasteiger partial charge < -0.3 is 10.2 Å². The molecule has 1 aromatic heterocycles. The van der Waals surface area contributed by atoms with Crippen LogP contribution in [-0.4, -0.2) is 19.1 Å². The van der Waals surface area contributed by atoms with Crippen molar-refractivity contribution < 1.29 is 0 Å². The highest BCUT2D eigenvalue weighted by Gasteiger charge is 2.12. The predicted octanol–water partition coefficient (Wildman–Crippen LogP) is 1.87. The zero-order chi connectivity index (χ0) is 13.6. The van der Waals surface area contributed by atoms with Crippen LogP contribution in [-0.2, 0) is 0 Å². The molecule has 0 aliphatic carbocycles. The van der Waals surface area contributed by atoms with Gasteiger partial charge in [-0.3, -0.25) is 0 Å². The third-order valence-electron chi connectivity index (χ3n) is 3.29. The third kappa shape index (κ3) is 1.95. The highest BCUT2D eigenvalue weighted by atomic mass is 15.1. The van der Waals surface area contributed by atoms with E-state index in [2.05, 4.69) is 38.9 Å². The second kappa shape index (κ2) is 4.09. The number of nitrogens with zero attached hydrogens (tertiary/aromatic N) is 3. The Morgan fingerprint density at radius 2 is 2.00 bits per heavy atom. The number of anilines is 3. The zero-order valence-corrected chi connectivity index (χ0v) is 11.4. The van der Waals surface area contributed by atoms with E-state index in [9.17, 15) is 0 Å². The van der Waals surface area contributed by atoms with Crippen molar-refractivity contribution in [3.63, 3.8) is 0 Å². The van der Waals surface area contributed by atoms with Crippen LogP contribution in [0, 0.1) is 6.92 Å². The van der Waals surface area contributed by atoms with Gasteiger partial charge in [0.25, 0.3) is 0 Å². The fourth-order valence-electron chi connectivity index (χ4n) is 2.07. The molecule has 4 heteroatoms. The minimum atomic E-state index is 0.777. The van der Waals surface area contributed by atoms with E-state index in [0.29, 0.717) is 0 Å². The maximum absolute atomic E-state index is 4.64. The summed E-state index contributed by atoms with van der Waals surface area (Å²) >= 11 is 0. The number of rotatable bonds is 1. The van der Waals surface area contributed by atoms with Gasteiger partial charge in [-0.1, -0.05) is 6.58 Å². The Kier molecular flexibility index (Phi) is 2.52. The Hall–Kier alpha value is -2.36. The molecule has 2 heterocycles. The fraction of sp³-hybridized carbons (Fsp3) is 0.200. The summed E-state index contributed by atoms with van der Waals surface area (Å²) in [6.07, 6.45) is 0. The average Bonchev–Trinajstić information content (AvgIpc) is 2.37. The molecular formula is C15H16N4. The first-order chi connectivity index (χ1) is 9.04. The topological polar surface area (TPSA) is 40.5 Å². The zero-order valence-electron chi connectivity index (χ0n) is 11.4. The van der Waals surface area contributed by atoms with Crippen molar-refractivity contribution >= 4 is 29.5 Å². The number of fused-ring (bicyclic) bond motifs is 2. The van der Waals surface area contributed by atoms with Gasteiger partial charge >= 0.3 is 0 Å². The molecule has 1 aliphatic heterocycles. The highest BCUT2D eigenvalue weighted by molar-refractivity contribution is 5.77. The van der Waals surface area contributed by atoms with Crippen LogP contribution in [0.25, 0.3) is 6.58 Å². The van der Waals surface area contributed by atoms with Gasteiger partial charge in [-0.15, -0.1) is 0 Å². The van der Waals surface area contributed by atoms with Gasteiger partial charge in [0.2, 0.25) is 0 Å². The Balaban J connectivity index is 2.19. The molecule has 19 heavy (non-hydrogen) atoms. The molecule has 0 radical (unpaired) electrons. The Bertz CT molecular complexity index is 762. The first-order valence-corrected chi connectivity index (χ1v) is 6.18. The maximum atomic E-state index is 4.64. The molecule has 2 aromatic rings. The molecule has 4 nitrogen and oxygen atoms in total. The summed E-state index contributed by atoms with van der Waals surface area (Å²) < 4.78 is 0. The summed E-state index contributed by atoms with van der Waals surface area (Å²) in [7, 11) is 4.04. The summed E-state index contributed by atoms with van der Waals surface area (Å²) in [6, 6.07) is 8.17. The summed E-state index contributed by atoms with van der Waals surface area (Å²) in [5, 5.41) is 4.99. The van der Waals surface area contributed by atoms with E-state index >= 15 is 0 Å². The summed E-state index contributed by atoms with van der Waals surface area (Å²) in [4.78, 5) is 11.2. The number of benzene rings is 1. The maximum Gasteiger partial charge on any atom is 0.157 e. The molecule has 0 saturated carbocycles. The largest absolute Gasteiger partial charge is 0.378 e. The normalized spacial score (nSPS) is 11.9. The van der Waals surface area contributed by atoms with Crippen LogP contribution in [0.4, 0.5) is 22.9 Å². The molecule has 1 aliphatic rings. The van der Waals surface area contributed by atoms with E-state index in [4.69, 9.17) is 0 Å². The molecule has 1 aromatic carbocycles. The van der Waals surface area contributed by atoms with Gasteiger partial charge in [0, 0.05) is 19.8 Å². The van der Waals surface area contributed by atoms with Crippen LogP contribution in [0.3, 0.4) is 0 Å². The molecule has 96 valence electrons. The van der Waals surface area contributed by atoms with Crippen molar-refractivity contribution in [2.75, 3.05) is 24.3 Å². The first kappa shape index (κ1) is 11.7. The minimum Gasteiger partial charge on any atom is -0.378 e. The van der Waals surface area contributed by atoms with E-state index in [1.807, 2.05) is 33.2 Å². The molecule has 0 atom stereocenters. The molecule has 0 unspecified atom stereocenters. The van der Waals surface area contributed by atoms with Crippen molar-refractivity contribution in [1.29, 1.82) is 0 Å². The van der Waals surface area contributed by atoms with E-state index in [1.165, 1.54) is 0 Å². The van der Waals surface area contributed by atoms with Crippen molar-refractivity contribution in [3.05, 3.63) is 40.5 Å². The minimum absolute atomic E-state index is 0.777. The van der Waals surface area contributed by atoms with Crippen LogP contribution in [0.15, 0.2) is 29.3 Å². The van der Waals surface area contributed by atoms with E-state index in [0.717, 1.165) is 39.1 Å². The smallest absolute Gasteiger partial charge is 0.157 e. The number of nitrogens with one attached hydrogen (secondary N) is 1. The molecule has 0 spiro atoms. The Morgan fingerprint density at radius 1 is 1.21 bits per heavy atom. The second-order valence-corrected chi connectivity index (χ2v) is 4.95. The van der Waals surface area contributed by atoms with Crippen LogP contribution in [0.2, 0.25) is 0 Å². The van der Waals surface area contributed by atoms with Crippen molar-refractivity contribution in [3.8, 4) is 0 Å². The lowest BCUT2D eigenvalue weighted by molar-refractivity contribution is 1.11. The highest BCUT2D eigenvalue weighted by Crippen LogP contribution is 2.32. The second-order valence-electron chi connectivity index (χ2n) is 4.95. The monoisotopic (exact) mass is 252 g/mol. The van der Waals surface area contributed by atoms with Gasteiger partial charge in [0.15, 0.2) is 5.82 Å². The summed E-state index contributed by atoms with van der Waals surface area (Å²) in [5.74, 6) is 0.777. The van der Waals surface area contributed by atoms with Gasteiger partial charge in [-0.25, -0.2) is 9.98 Å². The lowest BCUT2D eigenvalue weighted by atomic mass is 10.2. The Labute approximate surface area is 112 Å². The van der Waals surface area contributed by atoms with E-state index in [1.54, 1.807) is 0 Å². The molecule has 0 amide bonds. The summed E-state index contributed by atoms with van der Waals surface area (Å²) in [6.45, 7) is 5.92. The average molecular weight is 252 g/mol. The van der Waals surface area contributed by atoms with Crippen LogP contribution in [0.1, 0.15) is 5.56 Å². The van der Waals surface area contributed by atoms with Gasteiger partial charge in [0.05, 0.1) is 16.7 Å². The number of aryl methyl sites for hydroxylation is 1. The van der Waals surface area contributed by atoms with Crippen LogP contribution in [0.5, 0.6) is 0 Å². The molecule has 0 saturated heterocycles. The van der Waals surface area contributed by atoms with Gasteiger partial charge in [-0.2, -0.15) is 0 Å². The number of hydrogen-bond donors (Lipinski definition) is 1. The molecular weight excluding hydrogens is 236 g/mol. The van der Waals surface area contributed by atoms with E-state index < -0.39 is 0 Å². The molecule has 3 rings (SSSR count). The van der Waals surface area contributed by atoms with Crippen molar-refractivity contribution in [2.24, 2.45) is 4.99 Å². The third-order valence-corrected chi connectivity index (χ3v) is 3.29. The van der Waals surface area contributed by atoms with Crippen molar-refractivity contribution in [1.82, 2.24) is 4.98 Å². The first-order valence-electron chi connectivity index (χ1n) is 6.18. The lowest BCUT2D eigenvalue weighted by Crippen LogP contribution is -2.23.